The molecule has 0 bridgehead atoms. The van der Waals surface area contributed by atoms with Crippen molar-refractivity contribution in [2.75, 3.05) is 6.54 Å². The van der Waals surface area contributed by atoms with E-state index in [9.17, 15) is 4.79 Å². The summed E-state index contributed by atoms with van der Waals surface area (Å²) in [5.41, 5.74) is 2.68. The fourth-order valence-electron chi connectivity index (χ4n) is 2.05. The first kappa shape index (κ1) is 13.7. The highest BCUT2D eigenvalue weighted by atomic mass is 16.2. The summed E-state index contributed by atoms with van der Waals surface area (Å²) in [6.07, 6.45) is 9.09. The van der Waals surface area contributed by atoms with E-state index in [1.807, 2.05) is 24.3 Å². The molecule has 1 aromatic heterocycles. The first-order valence-electron chi connectivity index (χ1n) is 6.74. The third-order valence-corrected chi connectivity index (χ3v) is 3.19. The van der Waals surface area contributed by atoms with Crippen LogP contribution in [0.15, 0.2) is 59.2 Å². The van der Waals surface area contributed by atoms with Gasteiger partial charge in [-0.1, -0.05) is 12.1 Å². The molecule has 1 aromatic carbocycles. The number of carbonyl (C=O) groups is 1. The predicted octanol–water partition coefficient (Wildman–Crippen LogP) is 2.47. The van der Waals surface area contributed by atoms with E-state index in [0.717, 1.165) is 5.57 Å². The van der Waals surface area contributed by atoms with Crippen LogP contribution in [0.3, 0.4) is 0 Å². The predicted molar refractivity (Wildman–Crippen MR) is 83.6 cm³/mol. The van der Waals surface area contributed by atoms with Crippen LogP contribution in [0, 0.1) is 11.3 Å². The maximum Gasteiger partial charge on any atom is 0.278 e. The third kappa shape index (κ3) is 2.91. The molecule has 0 unspecified atom stereocenters. The van der Waals surface area contributed by atoms with Crippen LogP contribution in [0.1, 0.15) is 21.6 Å². The number of rotatable bonds is 3. The molecule has 106 valence electrons. The Morgan fingerprint density at radius 3 is 3.00 bits per heavy atom. The number of aromatic nitrogens is 2. The lowest BCUT2D eigenvalue weighted by Gasteiger charge is -2.00. The van der Waals surface area contributed by atoms with Crippen molar-refractivity contribution < 1.29 is 4.79 Å². The SMILES string of the molecule is N#Cc1cccc(C(=O)n2ccc(C=CC3=CC=NC3)n2)c1. The van der Waals surface area contributed by atoms with Crippen LogP contribution >= 0.6 is 0 Å². The number of benzene rings is 1. The summed E-state index contributed by atoms with van der Waals surface area (Å²) < 4.78 is 1.27. The minimum atomic E-state index is -0.264. The average Bonchev–Trinajstić information content (AvgIpc) is 3.23. The summed E-state index contributed by atoms with van der Waals surface area (Å²) in [5, 5.41) is 13.1. The number of allylic oxidation sites excluding steroid dienone is 1. The summed E-state index contributed by atoms with van der Waals surface area (Å²) >= 11 is 0. The van der Waals surface area contributed by atoms with Crippen molar-refractivity contribution in [2.45, 2.75) is 0 Å². The molecule has 0 N–H and O–H groups in total. The highest BCUT2D eigenvalue weighted by Gasteiger charge is 2.10. The van der Waals surface area contributed by atoms with Crippen LogP contribution in [0.5, 0.6) is 0 Å². The van der Waals surface area contributed by atoms with Gasteiger partial charge in [0.15, 0.2) is 0 Å². The molecule has 5 nitrogen and oxygen atoms in total. The molecule has 0 spiro atoms. The second-order valence-electron chi connectivity index (χ2n) is 4.75. The molecular weight excluding hydrogens is 276 g/mol. The topological polar surface area (TPSA) is 71.0 Å². The standard InChI is InChI=1S/C17H12N4O/c18-11-14-2-1-3-15(10-14)17(22)21-9-7-16(20-21)5-4-13-6-8-19-12-13/h1-10H,12H2. The van der Waals surface area contributed by atoms with Crippen molar-refractivity contribution in [3.05, 3.63) is 71.1 Å². The first-order chi connectivity index (χ1) is 10.8. The lowest BCUT2D eigenvalue weighted by molar-refractivity contribution is 0.0945. The molecule has 0 radical (unpaired) electrons. The number of aliphatic imine (C=N–C) groups is 1. The molecule has 0 atom stereocenters. The van der Waals surface area contributed by atoms with E-state index >= 15 is 0 Å². The van der Waals surface area contributed by atoms with Crippen molar-refractivity contribution in [3.8, 4) is 6.07 Å². The minimum absolute atomic E-state index is 0.264. The summed E-state index contributed by atoms with van der Waals surface area (Å²) in [6.45, 7) is 0.678. The summed E-state index contributed by atoms with van der Waals surface area (Å²) in [6, 6.07) is 10.3. The van der Waals surface area contributed by atoms with Crippen molar-refractivity contribution >= 4 is 18.2 Å². The van der Waals surface area contributed by atoms with Gasteiger partial charge in [0.1, 0.15) is 0 Å². The molecule has 2 aromatic rings. The van der Waals surface area contributed by atoms with E-state index in [2.05, 4.69) is 10.1 Å². The van der Waals surface area contributed by atoms with Gasteiger partial charge >= 0.3 is 0 Å². The maximum absolute atomic E-state index is 12.3. The minimum Gasteiger partial charge on any atom is -0.288 e. The van der Waals surface area contributed by atoms with Crippen LogP contribution < -0.4 is 0 Å². The Bertz CT molecular complexity index is 850. The van der Waals surface area contributed by atoms with Gasteiger partial charge in [-0.15, -0.1) is 0 Å². The molecule has 5 heteroatoms. The quantitative estimate of drug-likeness (QED) is 0.871. The zero-order chi connectivity index (χ0) is 15.4. The van der Waals surface area contributed by atoms with Crippen LogP contribution in [-0.2, 0) is 0 Å². The van der Waals surface area contributed by atoms with E-state index in [1.54, 1.807) is 42.7 Å². The monoisotopic (exact) mass is 288 g/mol. The summed E-state index contributed by atoms with van der Waals surface area (Å²) in [4.78, 5) is 16.4. The van der Waals surface area contributed by atoms with Crippen molar-refractivity contribution in [1.82, 2.24) is 9.78 Å². The third-order valence-electron chi connectivity index (χ3n) is 3.19. The highest BCUT2D eigenvalue weighted by molar-refractivity contribution is 5.95. The summed E-state index contributed by atoms with van der Waals surface area (Å²) in [5.74, 6) is -0.264. The van der Waals surface area contributed by atoms with Crippen LogP contribution in [0.4, 0.5) is 0 Å². The van der Waals surface area contributed by atoms with Gasteiger partial charge in [-0.3, -0.25) is 9.79 Å². The Kier molecular flexibility index (Phi) is 3.75. The molecule has 0 saturated carbocycles. The van der Waals surface area contributed by atoms with E-state index in [4.69, 9.17) is 5.26 Å². The number of carbonyl (C=O) groups excluding carboxylic acids is 1. The largest absolute Gasteiger partial charge is 0.288 e. The van der Waals surface area contributed by atoms with Gasteiger partial charge in [-0.2, -0.15) is 10.4 Å². The van der Waals surface area contributed by atoms with Crippen molar-refractivity contribution in [2.24, 2.45) is 4.99 Å². The maximum atomic E-state index is 12.3. The van der Waals surface area contributed by atoms with Crippen molar-refractivity contribution in [1.29, 1.82) is 5.26 Å². The first-order valence-corrected chi connectivity index (χ1v) is 6.74. The number of hydrogen-bond acceptors (Lipinski definition) is 4. The lowest BCUT2D eigenvalue weighted by atomic mass is 10.1. The van der Waals surface area contributed by atoms with Gasteiger partial charge < -0.3 is 0 Å². The number of nitriles is 1. The zero-order valence-corrected chi connectivity index (χ0v) is 11.7. The Labute approximate surface area is 127 Å². The van der Waals surface area contributed by atoms with E-state index in [-0.39, 0.29) is 5.91 Å². The molecule has 2 heterocycles. The molecule has 0 saturated heterocycles. The van der Waals surface area contributed by atoms with Crippen LogP contribution in [-0.4, -0.2) is 28.4 Å². The van der Waals surface area contributed by atoms with Crippen molar-refractivity contribution in [3.63, 3.8) is 0 Å². The van der Waals surface area contributed by atoms with E-state index < -0.39 is 0 Å². The average molecular weight is 288 g/mol. The van der Waals surface area contributed by atoms with Gasteiger partial charge in [-0.25, -0.2) is 4.68 Å². The zero-order valence-electron chi connectivity index (χ0n) is 11.7. The molecule has 0 aliphatic carbocycles. The number of nitrogens with zero attached hydrogens (tertiary/aromatic N) is 4. The Morgan fingerprint density at radius 1 is 1.32 bits per heavy atom. The molecule has 22 heavy (non-hydrogen) atoms. The number of hydrogen-bond donors (Lipinski definition) is 0. The lowest BCUT2D eigenvalue weighted by Crippen LogP contribution is -2.12. The molecule has 0 fully saturated rings. The Morgan fingerprint density at radius 2 is 2.23 bits per heavy atom. The van der Waals surface area contributed by atoms with Gasteiger partial charge in [0.05, 0.1) is 23.9 Å². The normalized spacial score (nSPS) is 13.3. The van der Waals surface area contributed by atoms with E-state index in [0.29, 0.717) is 23.4 Å². The highest BCUT2D eigenvalue weighted by Crippen LogP contribution is 2.09. The molecule has 1 aliphatic rings. The summed E-state index contributed by atoms with van der Waals surface area (Å²) in [7, 11) is 0. The fourth-order valence-corrected chi connectivity index (χ4v) is 2.05. The van der Waals surface area contributed by atoms with Crippen LogP contribution in [0.25, 0.3) is 6.08 Å². The smallest absolute Gasteiger partial charge is 0.278 e. The molecule has 1 aliphatic heterocycles. The van der Waals surface area contributed by atoms with E-state index in [1.165, 1.54) is 4.68 Å². The molecular formula is C17H12N4O. The molecule has 3 rings (SSSR count). The Hall–Kier alpha value is -3.26. The van der Waals surface area contributed by atoms with Gasteiger partial charge in [0.2, 0.25) is 0 Å². The van der Waals surface area contributed by atoms with Gasteiger partial charge in [-0.05, 0) is 42.0 Å². The second-order valence-corrected chi connectivity index (χ2v) is 4.75. The van der Waals surface area contributed by atoms with Gasteiger partial charge in [0.25, 0.3) is 5.91 Å². The van der Waals surface area contributed by atoms with Gasteiger partial charge in [0, 0.05) is 18.0 Å². The van der Waals surface area contributed by atoms with Crippen LogP contribution in [0.2, 0.25) is 0 Å². The fraction of sp³-hybridized carbons (Fsp3) is 0.0588. The Balaban J connectivity index is 1.78. The second kappa shape index (κ2) is 6.02. The molecule has 0 amide bonds.